The van der Waals surface area contributed by atoms with Crippen molar-refractivity contribution in [2.45, 2.75) is 6.61 Å². The molecule has 21 heavy (non-hydrogen) atoms. The third kappa shape index (κ3) is 4.75. The number of nitrogens with one attached hydrogen (secondary N) is 1. The molecule has 1 N–H and O–H groups in total. The van der Waals surface area contributed by atoms with Gasteiger partial charge < -0.3 is 14.8 Å². The Morgan fingerprint density at radius 2 is 1.95 bits per heavy atom. The second kappa shape index (κ2) is 7.82. The van der Waals surface area contributed by atoms with E-state index in [1.807, 2.05) is 30.3 Å². The molecule has 1 heterocycles. The van der Waals surface area contributed by atoms with Crippen LogP contribution in [0.15, 0.2) is 36.4 Å². The van der Waals surface area contributed by atoms with E-state index in [9.17, 15) is 0 Å². The minimum absolute atomic E-state index is 0.302. The highest BCUT2D eigenvalue weighted by molar-refractivity contribution is 5.35. The van der Waals surface area contributed by atoms with Crippen molar-refractivity contribution in [3.05, 3.63) is 47.7 Å². The quantitative estimate of drug-likeness (QED) is 0.783. The van der Waals surface area contributed by atoms with Crippen molar-refractivity contribution in [1.82, 2.24) is 10.2 Å². The van der Waals surface area contributed by atoms with Crippen LogP contribution in [0.25, 0.3) is 0 Å². The summed E-state index contributed by atoms with van der Waals surface area (Å²) in [7, 11) is 1.64. The summed E-state index contributed by atoms with van der Waals surface area (Å²) in [5.74, 6) is 1.46. The van der Waals surface area contributed by atoms with Crippen LogP contribution in [0.3, 0.4) is 0 Å². The Morgan fingerprint density at radius 3 is 2.57 bits per heavy atom. The summed E-state index contributed by atoms with van der Waals surface area (Å²) in [6.07, 6.45) is 0. The summed E-state index contributed by atoms with van der Waals surface area (Å²) in [5, 5.41) is 19.3. The second-order valence-corrected chi connectivity index (χ2v) is 4.24. The standard InChI is InChI=1S/C15H16N4O2/c1-20-14-5-2-12(3-6-14)11-21-9-8-17-15-7-4-13(10-16)18-19-15/h2-7H,8-9,11H2,1H3,(H,17,19). The Balaban J connectivity index is 1.66. The molecule has 108 valence electrons. The van der Waals surface area contributed by atoms with E-state index in [1.165, 1.54) is 0 Å². The number of ether oxygens (including phenoxy) is 2. The topological polar surface area (TPSA) is 80.1 Å². The van der Waals surface area contributed by atoms with Crippen LogP contribution < -0.4 is 10.1 Å². The first-order valence-electron chi connectivity index (χ1n) is 6.50. The van der Waals surface area contributed by atoms with Gasteiger partial charge in [-0.25, -0.2) is 0 Å². The summed E-state index contributed by atoms with van der Waals surface area (Å²) in [4.78, 5) is 0. The van der Waals surface area contributed by atoms with Gasteiger partial charge in [0.2, 0.25) is 0 Å². The van der Waals surface area contributed by atoms with E-state index < -0.39 is 0 Å². The molecule has 0 amide bonds. The van der Waals surface area contributed by atoms with E-state index >= 15 is 0 Å². The molecule has 1 aromatic carbocycles. The molecule has 0 saturated heterocycles. The Kier molecular flexibility index (Phi) is 5.50. The number of rotatable bonds is 7. The van der Waals surface area contributed by atoms with Gasteiger partial charge in [-0.05, 0) is 29.8 Å². The Bertz CT molecular complexity index is 591. The lowest BCUT2D eigenvalue weighted by atomic mass is 10.2. The zero-order chi connectivity index (χ0) is 14.9. The Morgan fingerprint density at radius 1 is 1.14 bits per heavy atom. The van der Waals surface area contributed by atoms with Crippen molar-refractivity contribution in [2.75, 3.05) is 25.6 Å². The first-order valence-corrected chi connectivity index (χ1v) is 6.50. The van der Waals surface area contributed by atoms with Crippen LogP contribution in [0.5, 0.6) is 5.75 Å². The Labute approximate surface area is 123 Å². The van der Waals surface area contributed by atoms with Gasteiger partial charge >= 0.3 is 0 Å². The zero-order valence-corrected chi connectivity index (χ0v) is 11.7. The van der Waals surface area contributed by atoms with Gasteiger partial charge in [0.15, 0.2) is 5.69 Å². The monoisotopic (exact) mass is 284 g/mol. The van der Waals surface area contributed by atoms with Gasteiger partial charge in [0.25, 0.3) is 0 Å². The van der Waals surface area contributed by atoms with Crippen LogP contribution in [0.4, 0.5) is 5.82 Å². The van der Waals surface area contributed by atoms with Gasteiger partial charge in [-0.2, -0.15) is 5.26 Å². The molecule has 0 aliphatic heterocycles. The summed E-state index contributed by atoms with van der Waals surface area (Å²) in [6.45, 7) is 1.72. The fraction of sp³-hybridized carbons (Fsp3) is 0.267. The van der Waals surface area contributed by atoms with Crippen molar-refractivity contribution in [3.8, 4) is 11.8 Å². The number of anilines is 1. The molecule has 0 atom stereocenters. The Hall–Kier alpha value is -2.65. The number of benzene rings is 1. The van der Waals surface area contributed by atoms with Crippen molar-refractivity contribution in [2.24, 2.45) is 0 Å². The number of methoxy groups -OCH3 is 1. The molecular formula is C15H16N4O2. The van der Waals surface area contributed by atoms with Gasteiger partial charge in [-0.15, -0.1) is 10.2 Å². The van der Waals surface area contributed by atoms with Crippen LogP contribution in [0.1, 0.15) is 11.3 Å². The third-order valence-electron chi connectivity index (χ3n) is 2.76. The van der Waals surface area contributed by atoms with Crippen molar-refractivity contribution in [1.29, 1.82) is 5.26 Å². The predicted octanol–water partition coefficient (Wildman–Crippen LogP) is 1.99. The minimum atomic E-state index is 0.302. The maximum absolute atomic E-state index is 8.61. The number of nitrogens with zero attached hydrogens (tertiary/aromatic N) is 3. The maximum Gasteiger partial charge on any atom is 0.163 e. The molecule has 6 heteroatoms. The van der Waals surface area contributed by atoms with Crippen LogP contribution in [-0.2, 0) is 11.3 Å². The maximum atomic E-state index is 8.61. The van der Waals surface area contributed by atoms with E-state index in [0.29, 0.717) is 31.3 Å². The van der Waals surface area contributed by atoms with E-state index in [0.717, 1.165) is 11.3 Å². The molecular weight excluding hydrogens is 268 g/mol. The molecule has 0 aliphatic carbocycles. The molecule has 0 saturated carbocycles. The van der Waals surface area contributed by atoms with Gasteiger partial charge in [0.05, 0.1) is 20.3 Å². The summed E-state index contributed by atoms with van der Waals surface area (Å²) >= 11 is 0. The predicted molar refractivity (Wildman–Crippen MR) is 77.9 cm³/mol. The van der Waals surface area contributed by atoms with Crippen LogP contribution in [0.2, 0.25) is 0 Å². The molecule has 2 rings (SSSR count). The van der Waals surface area contributed by atoms with E-state index in [2.05, 4.69) is 15.5 Å². The molecule has 1 aromatic heterocycles. The summed E-state index contributed by atoms with van der Waals surface area (Å²) < 4.78 is 10.6. The van der Waals surface area contributed by atoms with Gasteiger partial charge in [0.1, 0.15) is 17.6 Å². The highest BCUT2D eigenvalue weighted by atomic mass is 16.5. The normalized spacial score (nSPS) is 9.90. The number of hydrogen-bond acceptors (Lipinski definition) is 6. The van der Waals surface area contributed by atoms with Gasteiger partial charge in [-0.3, -0.25) is 0 Å². The van der Waals surface area contributed by atoms with E-state index in [1.54, 1.807) is 19.2 Å². The third-order valence-corrected chi connectivity index (χ3v) is 2.76. The molecule has 0 unspecified atom stereocenters. The summed E-state index contributed by atoms with van der Waals surface area (Å²) in [6, 6.07) is 13.0. The van der Waals surface area contributed by atoms with Gasteiger partial charge in [-0.1, -0.05) is 12.1 Å². The van der Waals surface area contributed by atoms with E-state index in [4.69, 9.17) is 14.7 Å². The fourth-order valence-electron chi connectivity index (χ4n) is 1.65. The number of nitriles is 1. The molecule has 0 radical (unpaired) electrons. The first kappa shape index (κ1) is 14.8. The zero-order valence-electron chi connectivity index (χ0n) is 11.7. The average molecular weight is 284 g/mol. The lowest BCUT2D eigenvalue weighted by Gasteiger charge is -2.07. The molecule has 6 nitrogen and oxygen atoms in total. The second-order valence-electron chi connectivity index (χ2n) is 4.24. The lowest BCUT2D eigenvalue weighted by Crippen LogP contribution is -2.10. The number of aromatic nitrogens is 2. The highest BCUT2D eigenvalue weighted by Crippen LogP contribution is 2.11. The van der Waals surface area contributed by atoms with Crippen LogP contribution in [0, 0.1) is 11.3 Å². The molecule has 2 aromatic rings. The van der Waals surface area contributed by atoms with Crippen LogP contribution in [-0.4, -0.2) is 30.5 Å². The molecule has 0 spiro atoms. The molecule has 0 aliphatic rings. The lowest BCUT2D eigenvalue weighted by molar-refractivity contribution is 0.130. The van der Waals surface area contributed by atoms with Crippen molar-refractivity contribution >= 4 is 5.82 Å². The van der Waals surface area contributed by atoms with E-state index in [-0.39, 0.29) is 0 Å². The number of hydrogen-bond donors (Lipinski definition) is 1. The summed E-state index contributed by atoms with van der Waals surface area (Å²) in [5.41, 5.74) is 1.39. The largest absolute Gasteiger partial charge is 0.497 e. The van der Waals surface area contributed by atoms with Crippen LogP contribution >= 0.6 is 0 Å². The van der Waals surface area contributed by atoms with Gasteiger partial charge in [0, 0.05) is 6.54 Å². The SMILES string of the molecule is COc1ccc(COCCNc2ccc(C#N)nn2)cc1. The van der Waals surface area contributed by atoms with Crippen molar-refractivity contribution in [3.63, 3.8) is 0 Å². The molecule has 0 fully saturated rings. The smallest absolute Gasteiger partial charge is 0.163 e. The molecule has 0 bridgehead atoms. The fourth-order valence-corrected chi connectivity index (χ4v) is 1.65. The first-order chi connectivity index (χ1) is 10.3. The minimum Gasteiger partial charge on any atom is -0.497 e. The average Bonchev–Trinajstić information content (AvgIpc) is 2.55. The van der Waals surface area contributed by atoms with Crippen molar-refractivity contribution < 1.29 is 9.47 Å². The highest BCUT2D eigenvalue weighted by Gasteiger charge is 1.97.